The van der Waals surface area contributed by atoms with Gasteiger partial charge < -0.3 is 9.88 Å². The first kappa shape index (κ1) is 9.71. The molecule has 1 fully saturated rings. The molecule has 0 saturated carbocycles. The van der Waals surface area contributed by atoms with Gasteiger partial charge in [-0.3, -0.25) is 0 Å². The number of hydrogen-bond donors (Lipinski definition) is 1. The van der Waals surface area contributed by atoms with E-state index in [-0.39, 0.29) is 0 Å². The number of aryl methyl sites for hydroxylation is 1. The monoisotopic (exact) mass is 193 g/mol. The van der Waals surface area contributed by atoms with Crippen LogP contribution in [0.15, 0.2) is 12.5 Å². The third-order valence-electron chi connectivity index (χ3n) is 3.11. The van der Waals surface area contributed by atoms with E-state index < -0.39 is 0 Å². The van der Waals surface area contributed by atoms with Gasteiger partial charge in [0, 0.05) is 30.4 Å². The highest BCUT2D eigenvalue weighted by Gasteiger charge is 2.26. The first-order chi connectivity index (χ1) is 6.83. The maximum atomic E-state index is 4.25. The van der Waals surface area contributed by atoms with Gasteiger partial charge in [0.1, 0.15) is 0 Å². The zero-order valence-corrected chi connectivity index (χ0v) is 9.03. The zero-order valence-electron chi connectivity index (χ0n) is 9.03. The highest BCUT2D eigenvalue weighted by Crippen LogP contribution is 2.27. The summed E-state index contributed by atoms with van der Waals surface area (Å²) in [4.78, 5) is 4.25. The number of hydrogen-bond acceptors (Lipinski definition) is 2. The van der Waals surface area contributed by atoms with Crippen LogP contribution in [0.4, 0.5) is 0 Å². The van der Waals surface area contributed by atoms with Crippen molar-refractivity contribution in [3.8, 4) is 0 Å². The summed E-state index contributed by atoms with van der Waals surface area (Å²) in [7, 11) is 0. The molecule has 14 heavy (non-hydrogen) atoms. The van der Waals surface area contributed by atoms with E-state index >= 15 is 0 Å². The van der Waals surface area contributed by atoms with Crippen LogP contribution >= 0.6 is 0 Å². The summed E-state index contributed by atoms with van der Waals surface area (Å²) in [5, 5.41) is 3.49. The fourth-order valence-electron chi connectivity index (χ4n) is 2.33. The van der Waals surface area contributed by atoms with E-state index in [2.05, 4.69) is 28.7 Å². The molecule has 1 aliphatic rings. The summed E-state index contributed by atoms with van der Waals surface area (Å²) in [5.41, 5.74) is 1.41. The highest BCUT2D eigenvalue weighted by atomic mass is 15.1. The third-order valence-corrected chi connectivity index (χ3v) is 3.11. The SMILES string of the molecule is CCCn1cncc1C1CCNC1C. The summed E-state index contributed by atoms with van der Waals surface area (Å²) >= 11 is 0. The number of nitrogens with zero attached hydrogens (tertiary/aromatic N) is 2. The van der Waals surface area contributed by atoms with Crippen molar-refractivity contribution in [2.45, 2.75) is 45.2 Å². The Morgan fingerprint density at radius 3 is 3.14 bits per heavy atom. The molecule has 0 aromatic carbocycles. The van der Waals surface area contributed by atoms with Crippen molar-refractivity contribution in [2.24, 2.45) is 0 Å². The van der Waals surface area contributed by atoms with Gasteiger partial charge in [-0.05, 0) is 26.3 Å². The van der Waals surface area contributed by atoms with Crippen molar-refractivity contribution >= 4 is 0 Å². The van der Waals surface area contributed by atoms with Crippen LogP contribution in [0.2, 0.25) is 0 Å². The van der Waals surface area contributed by atoms with Gasteiger partial charge in [0.05, 0.1) is 6.33 Å². The molecule has 1 saturated heterocycles. The van der Waals surface area contributed by atoms with Crippen molar-refractivity contribution in [3.05, 3.63) is 18.2 Å². The summed E-state index contributed by atoms with van der Waals surface area (Å²) < 4.78 is 2.30. The Morgan fingerprint density at radius 2 is 2.50 bits per heavy atom. The molecule has 0 bridgehead atoms. The smallest absolute Gasteiger partial charge is 0.0948 e. The Kier molecular flexibility index (Phi) is 2.87. The second-order valence-corrected chi connectivity index (χ2v) is 4.15. The van der Waals surface area contributed by atoms with E-state index in [1.54, 1.807) is 0 Å². The van der Waals surface area contributed by atoms with Crippen LogP contribution in [-0.4, -0.2) is 22.1 Å². The molecule has 3 heteroatoms. The van der Waals surface area contributed by atoms with Crippen LogP contribution in [0.3, 0.4) is 0 Å². The molecule has 0 amide bonds. The standard InChI is InChI=1S/C11H19N3/c1-3-6-14-8-12-7-11(14)10-4-5-13-9(10)2/h7-10,13H,3-6H2,1-2H3. The number of aromatic nitrogens is 2. The molecule has 0 radical (unpaired) electrons. The van der Waals surface area contributed by atoms with Crippen LogP contribution in [0.25, 0.3) is 0 Å². The molecule has 3 nitrogen and oxygen atoms in total. The molecule has 2 atom stereocenters. The van der Waals surface area contributed by atoms with Gasteiger partial charge in [-0.15, -0.1) is 0 Å². The minimum atomic E-state index is 0.599. The van der Waals surface area contributed by atoms with Crippen LogP contribution in [0.5, 0.6) is 0 Å². The van der Waals surface area contributed by atoms with E-state index in [0.29, 0.717) is 12.0 Å². The summed E-state index contributed by atoms with van der Waals surface area (Å²) in [6, 6.07) is 0.599. The van der Waals surface area contributed by atoms with Crippen LogP contribution < -0.4 is 5.32 Å². The molecule has 1 N–H and O–H groups in total. The van der Waals surface area contributed by atoms with Gasteiger partial charge in [0.2, 0.25) is 0 Å². The minimum absolute atomic E-state index is 0.599. The average Bonchev–Trinajstić information content (AvgIpc) is 2.74. The van der Waals surface area contributed by atoms with E-state index in [9.17, 15) is 0 Å². The molecule has 1 aromatic heterocycles. The maximum absolute atomic E-state index is 4.25. The second kappa shape index (κ2) is 4.13. The van der Waals surface area contributed by atoms with E-state index in [4.69, 9.17) is 0 Å². The summed E-state index contributed by atoms with van der Waals surface area (Å²) in [6.45, 7) is 6.71. The Bertz CT molecular complexity index is 292. The molecule has 0 aliphatic carbocycles. The molecule has 1 aromatic rings. The first-order valence-electron chi connectivity index (χ1n) is 5.56. The average molecular weight is 193 g/mol. The minimum Gasteiger partial charge on any atom is -0.334 e. The van der Waals surface area contributed by atoms with Crippen LogP contribution in [0, 0.1) is 0 Å². The molecule has 2 unspecified atom stereocenters. The largest absolute Gasteiger partial charge is 0.334 e. The first-order valence-corrected chi connectivity index (χ1v) is 5.56. The Morgan fingerprint density at radius 1 is 1.64 bits per heavy atom. The van der Waals surface area contributed by atoms with Crippen LogP contribution in [0.1, 0.15) is 38.3 Å². The molecule has 1 aliphatic heterocycles. The van der Waals surface area contributed by atoms with E-state index in [1.807, 2.05) is 12.5 Å². The van der Waals surface area contributed by atoms with Gasteiger partial charge in [0.15, 0.2) is 0 Å². The number of nitrogens with one attached hydrogen (secondary N) is 1. The lowest BCUT2D eigenvalue weighted by Crippen LogP contribution is -2.23. The predicted molar refractivity (Wildman–Crippen MR) is 57.3 cm³/mol. The second-order valence-electron chi connectivity index (χ2n) is 4.15. The van der Waals surface area contributed by atoms with Gasteiger partial charge in [-0.2, -0.15) is 0 Å². The summed E-state index contributed by atoms with van der Waals surface area (Å²) in [5.74, 6) is 0.657. The van der Waals surface area contributed by atoms with Crippen LogP contribution in [-0.2, 0) is 6.54 Å². The normalized spacial score (nSPS) is 27.0. The third kappa shape index (κ3) is 1.69. The molecular formula is C11H19N3. The molecular weight excluding hydrogens is 174 g/mol. The zero-order chi connectivity index (χ0) is 9.97. The van der Waals surface area contributed by atoms with Gasteiger partial charge >= 0.3 is 0 Å². The molecule has 2 heterocycles. The van der Waals surface area contributed by atoms with Crippen molar-refractivity contribution < 1.29 is 0 Å². The predicted octanol–water partition coefficient (Wildman–Crippen LogP) is 1.76. The van der Waals surface area contributed by atoms with E-state index in [1.165, 1.54) is 18.5 Å². The fourth-order valence-corrected chi connectivity index (χ4v) is 2.33. The van der Waals surface area contributed by atoms with Crippen molar-refractivity contribution in [3.63, 3.8) is 0 Å². The van der Waals surface area contributed by atoms with Crippen molar-refractivity contribution in [1.29, 1.82) is 0 Å². The Labute approximate surface area is 85.5 Å². The van der Waals surface area contributed by atoms with Gasteiger partial charge in [-0.1, -0.05) is 6.92 Å². The maximum Gasteiger partial charge on any atom is 0.0948 e. The quantitative estimate of drug-likeness (QED) is 0.792. The fraction of sp³-hybridized carbons (Fsp3) is 0.727. The molecule has 0 spiro atoms. The lowest BCUT2D eigenvalue weighted by Gasteiger charge is -2.16. The van der Waals surface area contributed by atoms with Crippen molar-refractivity contribution in [1.82, 2.24) is 14.9 Å². The van der Waals surface area contributed by atoms with Gasteiger partial charge in [0.25, 0.3) is 0 Å². The molecule has 2 rings (SSSR count). The highest BCUT2D eigenvalue weighted by molar-refractivity contribution is 5.11. The van der Waals surface area contributed by atoms with Gasteiger partial charge in [-0.25, -0.2) is 4.98 Å². The number of rotatable bonds is 3. The Hall–Kier alpha value is -0.830. The van der Waals surface area contributed by atoms with Crippen molar-refractivity contribution in [2.75, 3.05) is 6.54 Å². The summed E-state index contributed by atoms with van der Waals surface area (Å²) in [6.07, 6.45) is 6.42. The Balaban J connectivity index is 2.17. The lowest BCUT2D eigenvalue weighted by atomic mass is 9.98. The topological polar surface area (TPSA) is 29.9 Å². The molecule has 78 valence electrons. The lowest BCUT2D eigenvalue weighted by molar-refractivity contribution is 0.540. The van der Waals surface area contributed by atoms with E-state index in [0.717, 1.165) is 13.1 Å². The number of imidazole rings is 1.